The molecule has 7 heteroatoms. The molecule has 0 saturated carbocycles. The van der Waals surface area contributed by atoms with Crippen molar-refractivity contribution < 1.29 is 19.0 Å². The number of methoxy groups -OCH3 is 1. The number of carbonyl (C=O) groups excluding carboxylic acids is 1. The molecule has 0 heterocycles. The van der Waals surface area contributed by atoms with Crippen molar-refractivity contribution >= 4 is 29.3 Å². The standard InChI is InChI=1S/C33H29ClN2O4/c1-22-4-5-25(16-23(22)2)21-40-32-18-31(38-3)13-8-26(32)17-27(19-35)33(37)36-29-11-14-30(15-12-29)39-20-24-6-9-28(34)10-7-24/h4-18H,20-21H2,1-3H3,(H,36,37)/b27-17+. The fourth-order valence-electron chi connectivity index (χ4n) is 3.82. The highest BCUT2D eigenvalue weighted by Crippen LogP contribution is 2.28. The van der Waals surface area contributed by atoms with Gasteiger partial charge in [-0.15, -0.1) is 0 Å². The highest BCUT2D eigenvalue weighted by molar-refractivity contribution is 6.30. The van der Waals surface area contributed by atoms with Crippen LogP contribution in [0.5, 0.6) is 17.2 Å². The Bertz CT molecular complexity index is 1560. The van der Waals surface area contributed by atoms with Crippen LogP contribution in [0.4, 0.5) is 5.69 Å². The summed E-state index contributed by atoms with van der Waals surface area (Å²) in [6.45, 7) is 4.83. The second-order valence-electron chi connectivity index (χ2n) is 9.17. The van der Waals surface area contributed by atoms with E-state index in [2.05, 4.69) is 31.3 Å². The summed E-state index contributed by atoms with van der Waals surface area (Å²) in [5.41, 5.74) is 5.44. The zero-order valence-electron chi connectivity index (χ0n) is 22.5. The Balaban J connectivity index is 1.44. The third kappa shape index (κ3) is 7.66. The number of nitrogens with one attached hydrogen (secondary N) is 1. The van der Waals surface area contributed by atoms with Crippen molar-refractivity contribution in [3.8, 4) is 23.3 Å². The molecule has 0 unspecified atom stereocenters. The molecule has 202 valence electrons. The zero-order valence-corrected chi connectivity index (χ0v) is 23.3. The number of nitrogens with zero attached hydrogens (tertiary/aromatic N) is 1. The molecule has 0 spiro atoms. The topological polar surface area (TPSA) is 80.6 Å². The molecule has 6 nitrogen and oxygen atoms in total. The van der Waals surface area contributed by atoms with Crippen LogP contribution in [0.1, 0.15) is 27.8 Å². The van der Waals surface area contributed by atoms with Gasteiger partial charge in [0.1, 0.15) is 42.1 Å². The van der Waals surface area contributed by atoms with Gasteiger partial charge >= 0.3 is 0 Å². The lowest BCUT2D eigenvalue weighted by Crippen LogP contribution is -2.13. The summed E-state index contributed by atoms with van der Waals surface area (Å²) in [5.74, 6) is 1.22. The van der Waals surface area contributed by atoms with Gasteiger partial charge in [0.2, 0.25) is 0 Å². The number of anilines is 1. The van der Waals surface area contributed by atoms with Crippen LogP contribution < -0.4 is 19.5 Å². The summed E-state index contributed by atoms with van der Waals surface area (Å²) in [6, 6.07) is 27.7. The molecule has 1 N–H and O–H groups in total. The third-order valence-corrected chi connectivity index (χ3v) is 6.53. The van der Waals surface area contributed by atoms with E-state index < -0.39 is 5.91 Å². The molecule has 0 aliphatic rings. The van der Waals surface area contributed by atoms with Crippen LogP contribution in [0.15, 0.2) is 90.5 Å². The fraction of sp³-hybridized carbons (Fsp3) is 0.152. The lowest BCUT2D eigenvalue weighted by atomic mass is 10.1. The molecular weight excluding hydrogens is 524 g/mol. The SMILES string of the molecule is COc1ccc(/C=C(\C#N)C(=O)Nc2ccc(OCc3ccc(Cl)cc3)cc2)c(OCc2ccc(C)c(C)c2)c1. The van der Waals surface area contributed by atoms with Gasteiger partial charge in [-0.25, -0.2) is 0 Å². The van der Waals surface area contributed by atoms with Crippen molar-refractivity contribution in [2.24, 2.45) is 0 Å². The first kappa shape index (κ1) is 28.3. The highest BCUT2D eigenvalue weighted by atomic mass is 35.5. The normalized spacial score (nSPS) is 10.9. The number of amides is 1. The van der Waals surface area contributed by atoms with Crippen LogP contribution in [0, 0.1) is 25.2 Å². The number of hydrogen-bond acceptors (Lipinski definition) is 5. The maximum Gasteiger partial charge on any atom is 0.266 e. The minimum atomic E-state index is -0.534. The first-order chi connectivity index (χ1) is 19.3. The molecule has 0 aromatic heterocycles. The number of hydrogen-bond donors (Lipinski definition) is 1. The fourth-order valence-corrected chi connectivity index (χ4v) is 3.95. The summed E-state index contributed by atoms with van der Waals surface area (Å²) in [6.07, 6.45) is 1.51. The molecule has 0 fully saturated rings. The van der Waals surface area contributed by atoms with Gasteiger partial charge in [0.05, 0.1) is 7.11 Å². The second kappa shape index (κ2) is 13.4. The second-order valence-corrected chi connectivity index (χ2v) is 9.61. The average Bonchev–Trinajstić information content (AvgIpc) is 2.97. The Morgan fingerprint density at radius 2 is 1.52 bits per heavy atom. The molecular formula is C33H29ClN2O4. The van der Waals surface area contributed by atoms with Gasteiger partial charge in [-0.3, -0.25) is 4.79 Å². The van der Waals surface area contributed by atoms with Crippen LogP contribution >= 0.6 is 11.6 Å². The molecule has 0 bridgehead atoms. The molecule has 0 atom stereocenters. The first-order valence-corrected chi connectivity index (χ1v) is 13.0. The summed E-state index contributed by atoms with van der Waals surface area (Å²) >= 11 is 5.92. The van der Waals surface area contributed by atoms with E-state index in [1.807, 2.05) is 36.4 Å². The lowest BCUT2D eigenvalue weighted by Gasteiger charge is -2.13. The number of ether oxygens (including phenoxy) is 3. The smallest absolute Gasteiger partial charge is 0.266 e. The Morgan fingerprint density at radius 1 is 0.850 bits per heavy atom. The van der Waals surface area contributed by atoms with Crippen molar-refractivity contribution in [3.05, 3.63) is 123 Å². The monoisotopic (exact) mass is 552 g/mol. The van der Waals surface area contributed by atoms with Crippen molar-refractivity contribution in [2.75, 3.05) is 12.4 Å². The van der Waals surface area contributed by atoms with Crippen molar-refractivity contribution in [3.63, 3.8) is 0 Å². The molecule has 0 aliphatic carbocycles. The molecule has 4 rings (SSSR count). The number of benzene rings is 4. The molecule has 0 radical (unpaired) electrons. The molecule has 0 saturated heterocycles. The summed E-state index contributed by atoms with van der Waals surface area (Å²) in [7, 11) is 1.57. The lowest BCUT2D eigenvalue weighted by molar-refractivity contribution is -0.112. The number of nitriles is 1. The van der Waals surface area contributed by atoms with Gasteiger partial charge in [-0.1, -0.05) is 41.9 Å². The Morgan fingerprint density at radius 3 is 2.20 bits per heavy atom. The maximum atomic E-state index is 12.9. The van der Waals surface area contributed by atoms with Gasteiger partial charge < -0.3 is 19.5 Å². The summed E-state index contributed by atoms with van der Waals surface area (Å²) in [5, 5.41) is 13.2. The molecule has 4 aromatic carbocycles. The number of aryl methyl sites for hydroxylation is 2. The van der Waals surface area contributed by atoms with E-state index in [1.165, 1.54) is 17.2 Å². The predicted octanol–water partition coefficient (Wildman–Crippen LogP) is 7.67. The van der Waals surface area contributed by atoms with Crippen LogP contribution in [-0.4, -0.2) is 13.0 Å². The molecule has 4 aromatic rings. The van der Waals surface area contributed by atoms with Crippen LogP contribution in [0.2, 0.25) is 5.02 Å². The molecule has 1 amide bonds. The van der Waals surface area contributed by atoms with E-state index in [0.717, 1.165) is 11.1 Å². The van der Waals surface area contributed by atoms with Gasteiger partial charge in [-0.05, 0) is 90.7 Å². The Kier molecular flexibility index (Phi) is 9.45. The average molecular weight is 553 g/mol. The first-order valence-electron chi connectivity index (χ1n) is 12.6. The van der Waals surface area contributed by atoms with E-state index in [4.69, 9.17) is 25.8 Å². The maximum absolute atomic E-state index is 12.9. The van der Waals surface area contributed by atoms with Gasteiger partial charge in [0, 0.05) is 22.3 Å². The number of halogens is 1. The molecule has 40 heavy (non-hydrogen) atoms. The predicted molar refractivity (Wildman–Crippen MR) is 158 cm³/mol. The quantitative estimate of drug-likeness (QED) is 0.161. The van der Waals surface area contributed by atoms with Gasteiger partial charge in [-0.2, -0.15) is 5.26 Å². The van der Waals surface area contributed by atoms with E-state index in [0.29, 0.717) is 46.7 Å². The van der Waals surface area contributed by atoms with Crippen molar-refractivity contribution in [1.29, 1.82) is 5.26 Å². The van der Waals surface area contributed by atoms with Gasteiger partial charge in [0.25, 0.3) is 5.91 Å². The minimum Gasteiger partial charge on any atom is -0.497 e. The number of rotatable bonds is 10. The van der Waals surface area contributed by atoms with E-state index in [9.17, 15) is 10.1 Å². The highest BCUT2D eigenvalue weighted by Gasteiger charge is 2.13. The summed E-state index contributed by atoms with van der Waals surface area (Å²) in [4.78, 5) is 12.9. The Hall–Kier alpha value is -4.73. The molecule has 0 aliphatic heterocycles. The van der Waals surface area contributed by atoms with Gasteiger partial charge in [0.15, 0.2) is 0 Å². The van der Waals surface area contributed by atoms with E-state index in [-0.39, 0.29) is 5.57 Å². The van der Waals surface area contributed by atoms with Crippen LogP contribution in [0.25, 0.3) is 6.08 Å². The number of carbonyl (C=O) groups is 1. The van der Waals surface area contributed by atoms with Crippen LogP contribution in [-0.2, 0) is 18.0 Å². The van der Waals surface area contributed by atoms with Crippen molar-refractivity contribution in [2.45, 2.75) is 27.1 Å². The van der Waals surface area contributed by atoms with E-state index >= 15 is 0 Å². The van der Waals surface area contributed by atoms with Crippen LogP contribution in [0.3, 0.4) is 0 Å². The summed E-state index contributed by atoms with van der Waals surface area (Å²) < 4.78 is 17.2. The Labute approximate surface area is 239 Å². The largest absolute Gasteiger partial charge is 0.497 e. The van der Waals surface area contributed by atoms with Crippen molar-refractivity contribution in [1.82, 2.24) is 0 Å². The third-order valence-electron chi connectivity index (χ3n) is 6.28. The zero-order chi connectivity index (χ0) is 28.5. The van der Waals surface area contributed by atoms with E-state index in [1.54, 1.807) is 49.6 Å². The minimum absolute atomic E-state index is 0.0655.